The third kappa shape index (κ3) is 2.81. The highest BCUT2D eigenvalue weighted by Crippen LogP contribution is 2.43. The zero-order valence-electron chi connectivity index (χ0n) is 16.4. The van der Waals surface area contributed by atoms with Gasteiger partial charge in [0.15, 0.2) is 0 Å². The molecule has 5 nitrogen and oxygen atoms in total. The number of hydrogen-bond acceptors (Lipinski definition) is 2. The van der Waals surface area contributed by atoms with Crippen LogP contribution in [0.5, 0.6) is 0 Å². The number of hydrogen-bond donors (Lipinski definition) is 1. The van der Waals surface area contributed by atoms with E-state index in [-0.39, 0.29) is 30.4 Å². The first-order valence-corrected chi connectivity index (χ1v) is 10.7. The average Bonchev–Trinajstić information content (AvgIpc) is 3.07. The van der Waals surface area contributed by atoms with Crippen LogP contribution >= 0.6 is 15.9 Å². The molecule has 1 N–H and O–H groups in total. The van der Waals surface area contributed by atoms with Gasteiger partial charge in [-0.15, -0.1) is 0 Å². The van der Waals surface area contributed by atoms with E-state index in [1.807, 2.05) is 50.2 Å². The fourth-order valence-electron chi connectivity index (χ4n) is 4.75. The van der Waals surface area contributed by atoms with Gasteiger partial charge in [0, 0.05) is 33.5 Å². The average molecular weight is 452 g/mol. The molecule has 2 atom stereocenters. The van der Waals surface area contributed by atoms with Crippen molar-refractivity contribution in [3.8, 4) is 0 Å². The van der Waals surface area contributed by atoms with Crippen LogP contribution in [0.2, 0.25) is 0 Å². The Kier molecular flexibility index (Phi) is 4.28. The first-order chi connectivity index (χ1) is 14.0. The fraction of sp³-hybridized carbons (Fsp3) is 0.304. The van der Waals surface area contributed by atoms with Crippen molar-refractivity contribution in [2.45, 2.75) is 38.4 Å². The Balaban J connectivity index is 1.74. The van der Waals surface area contributed by atoms with Gasteiger partial charge >= 0.3 is 0 Å². The largest absolute Gasteiger partial charge is 0.356 e. The van der Waals surface area contributed by atoms with E-state index in [0.29, 0.717) is 6.42 Å². The van der Waals surface area contributed by atoms with Crippen LogP contribution in [0.3, 0.4) is 0 Å². The summed E-state index contributed by atoms with van der Waals surface area (Å²) in [6.45, 7) is 4.06. The second-order valence-electron chi connectivity index (χ2n) is 8.10. The van der Waals surface area contributed by atoms with Gasteiger partial charge in [-0.2, -0.15) is 0 Å². The lowest BCUT2D eigenvalue weighted by Gasteiger charge is -2.48. The van der Waals surface area contributed by atoms with Crippen molar-refractivity contribution in [3.63, 3.8) is 0 Å². The molecule has 0 saturated carbocycles. The van der Waals surface area contributed by atoms with Crippen LogP contribution in [0.15, 0.2) is 53.0 Å². The summed E-state index contributed by atoms with van der Waals surface area (Å²) < 4.78 is 0.953. The summed E-state index contributed by atoms with van der Waals surface area (Å²) in [6, 6.07) is 15.4. The summed E-state index contributed by atoms with van der Waals surface area (Å²) >= 11 is 3.56. The van der Waals surface area contributed by atoms with Crippen molar-refractivity contribution in [1.82, 2.24) is 14.8 Å². The van der Waals surface area contributed by atoms with Gasteiger partial charge in [-0.1, -0.05) is 46.3 Å². The smallest absolute Gasteiger partial charge is 0.246 e. The number of benzene rings is 2. The second-order valence-corrected chi connectivity index (χ2v) is 9.02. The molecule has 2 amide bonds. The van der Waals surface area contributed by atoms with E-state index in [0.717, 1.165) is 32.2 Å². The van der Waals surface area contributed by atoms with Gasteiger partial charge in [-0.3, -0.25) is 9.59 Å². The number of aromatic amines is 1. The molecule has 6 heteroatoms. The molecule has 0 unspecified atom stereocenters. The first-order valence-electron chi connectivity index (χ1n) is 9.92. The molecule has 0 aliphatic carbocycles. The second kappa shape index (κ2) is 6.73. The number of piperazine rings is 1. The van der Waals surface area contributed by atoms with E-state index in [9.17, 15) is 9.59 Å². The van der Waals surface area contributed by atoms with Crippen LogP contribution in [0.1, 0.15) is 36.7 Å². The van der Waals surface area contributed by atoms with Gasteiger partial charge in [0.25, 0.3) is 0 Å². The van der Waals surface area contributed by atoms with Crippen LogP contribution in [0.4, 0.5) is 0 Å². The van der Waals surface area contributed by atoms with Gasteiger partial charge < -0.3 is 14.8 Å². The maximum Gasteiger partial charge on any atom is 0.246 e. The Morgan fingerprint density at radius 2 is 1.90 bits per heavy atom. The molecule has 2 aliphatic rings. The predicted molar refractivity (Wildman–Crippen MR) is 115 cm³/mol. The Labute approximate surface area is 177 Å². The van der Waals surface area contributed by atoms with Crippen molar-refractivity contribution in [3.05, 3.63) is 69.8 Å². The van der Waals surface area contributed by atoms with E-state index in [2.05, 4.69) is 33.0 Å². The van der Waals surface area contributed by atoms with E-state index in [1.54, 1.807) is 9.80 Å². The predicted octanol–water partition coefficient (Wildman–Crippen LogP) is 4.02. The van der Waals surface area contributed by atoms with E-state index < -0.39 is 6.04 Å². The number of H-pyrrole nitrogens is 1. The standard InChI is InChI=1S/C23H22BrN3O2/c1-13(2)26-12-20(28)27-19(23(26)29)11-17-16-8-3-4-9-18(16)25-21(17)22(27)14-6-5-7-15(24)10-14/h3-10,13,19,22,25H,11-12H2,1-2H3/t19-,22+/m0/s1. The lowest BCUT2D eigenvalue weighted by atomic mass is 9.86. The summed E-state index contributed by atoms with van der Waals surface area (Å²) in [4.78, 5) is 33.7. The maximum atomic E-state index is 13.4. The van der Waals surface area contributed by atoms with Crippen molar-refractivity contribution in [2.75, 3.05) is 6.54 Å². The van der Waals surface area contributed by atoms with Crippen molar-refractivity contribution >= 4 is 38.6 Å². The third-order valence-corrected chi connectivity index (χ3v) is 6.57. The summed E-state index contributed by atoms with van der Waals surface area (Å²) in [6.07, 6.45) is 0.539. The summed E-state index contributed by atoms with van der Waals surface area (Å²) in [7, 11) is 0. The van der Waals surface area contributed by atoms with Gasteiger partial charge in [0.1, 0.15) is 12.6 Å². The molecule has 2 aliphatic heterocycles. The lowest BCUT2D eigenvalue weighted by Crippen LogP contribution is -2.64. The van der Waals surface area contributed by atoms with Crippen LogP contribution in [-0.4, -0.2) is 45.2 Å². The van der Waals surface area contributed by atoms with E-state index in [4.69, 9.17) is 0 Å². The summed E-state index contributed by atoms with van der Waals surface area (Å²) in [5.74, 6) is 0.0353. The molecule has 0 spiro atoms. The monoisotopic (exact) mass is 451 g/mol. The highest BCUT2D eigenvalue weighted by Gasteiger charge is 2.48. The van der Waals surface area contributed by atoms with Gasteiger partial charge in [-0.25, -0.2) is 0 Å². The zero-order valence-corrected chi connectivity index (χ0v) is 17.9. The lowest BCUT2D eigenvalue weighted by molar-refractivity contribution is -0.160. The molecule has 1 saturated heterocycles. The number of carbonyl (C=O) groups is 2. The van der Waals surface area contributed by atoms with E-state index in [1.165, 1.54) is 0 Å². The minimum Gasteiger partial charge on any atom is -0.356 e. The molecule has 2 aromatic carbocycles. The third-order valence-electron chi connectivity index (χ3n) is 6.08. The minimum absolute atomic E-state index is 0.00212. The molecule has 3 heterocycles. The van der Waals surface area contributed by atoms with Gasteiger partial charge in [0.05, 0.1) is 6.04 Å². The van der Waals surface area contributed by atoms with Gasteiger partial charge in [0.2, 0.25) is 11.8 Å². The SMILES string of the molecule is CC(C)N1CC(=O)N2[C@H](c3cccc(Br)c3)c3[nH]c4ccccc4c3C[C@H]2C1=O. The molecule has 5 rings (SSSR count). The minimum atomic E-state index is -0.477. The zero-order chi connectivity index (χ0) is 20.3. The Morgan fingerprint density at radius 1 is 1.10 bits per heavy atom. The number of fused-ring (bicyclic) bond motifs is 4. The van der Waals surface area contributed by atoms with Gasteiger partial charge in [-0.05, 0) is 43.2 Å². The molecule has 0 radical (unpaired) electrons. The number of amides is 2. The number of para-hydroxylation sites is 1. The van der Waals surface area contributed by atoms with Crippen molar-refractivity contribution in [2.24, 2.45) is 0 Å². The fourth-order valence-corrected chi connectivity index (χ4v) is 5.16. The molecule has 1 fully saturated rings. The molecule has 0 bridgehead atoms. The number of carbonyl (C=O) groups excluding carboxylic acids is 2. The molecule has 3 aromatic rings. The number of aromatic nitrogens is 1. The van der Waals surface area contributed by atoms with Crippen LogP contribution in [0, 0.1) is 0 Å². The number of nitrogens with zero attached hydrogens (tertiary/aromatic N) is 2. The highest BCUT2D eigenvalue weighted by atomic mass is 79.9. The Morgan fingerprint density at radius 3 is 2.66 bits per heavy atom. The normalized spacial score (nSPS) is 21.7. The highest BCUT2D eigenvalue weighted by molar-refractivity contribution is 9.10. The number of halogens is 1. The summed E-state index contributed by atoms with van der Waals surface area (Å²) in [5.41, 5.74) is 4.19. The van der Waals surface area contributed by atoms with E-state index >= 15 is 0 Å². The van der Waals surface area contributed by atoms with Crippen LogP contribution in [-0.2, 0) is 16.0 Å². The number of rotatable bonds is 2. The molecule has 148 valence electrons. The maximum absolute atomic E-state index is 13.4. The van der Waals surface area contributed by atoms with Crippen molar-refractivity contribution in [1.29, 1.82) is 0 Å². The molecular formula is C23H22BrN3O2. The first kappa shape index (κ1) is 18.4. The molecule has 1 aromatic heterocycles. The van der Waals surface area contributed by atoms with Crippen LogP contribution in [0.25, 0.3) is 10.9 Å². The molecule has 29 heavy (non-hydrogen) atoms. The topological polar surface area (TPSA) is 56.4 Å². The Bertz CT molecular complexity index is 1140. The summed E-state index contributed by atoms with van der Waals surface area (Å²) in [5, 5.41) is 1.13. The Hall–Kier alpha value is -2.60. The van der Waals surface area contributed by atoms with Crippen LogP contribution < -0.4 is 0 Å². The number of nitrogens with one attached hydrogen (secondary N) is 1. The quantitative estimate of drug-likeness (QED) is 0.639. The van der Waals surface area contributed by atoms with Crippen molar-refractivity contribution < 1.29 is 9.59 Å². The molecular weight excluding hydrogens is 430 g/mol.